The van der Waals surface area contributed by atoms with Gasteiger partial charge in [0.25, 0.3) is 0 Å². The number of anilines is 1. The van der Waals surface area contributed by atoms with Crippen LogP contribution in [0, 0.1) is 5.92 Å². The van der Waals surface area contributed by atoms with Crippen molar-refractivity contribution >= 4 is 35.6 Å². The summed E-state index contributed by atoms with van der Waals surface area (Å²) in [6, 6.07) is 17.0. The van der Waals surface area contributed by atoms with Gasteiger partial charge in [-0.3, -0.25) is 4.99 Å². The summed E-state index contributed by atoms with van der Waals surface area (Å²) in [5, 5.41) is 3.25. The van der Waals surface area contributed by atoms with Crippen molar-refractivity contribution < 1.29 is 4.74 Å². The van der Waals surface area contributed by atoms with Gasteiger partial charge < -0.3 is 15.8 Å². The molecule has 2 atom stereocenters. The van der Waals surface area contributed by atoms with Gasteiger partial charge in [0.05, 0.1) is 6.10 Å². The van der Waals surface area contributed by atoms with E-state index in [9.17, 15) is 0 Å². The summed E-state index contributed by atoms with van der Waals surface area (Å²) in [6.07, 6.45) is 5.94. The smallest absolute Gasteiger partial charge is 0.193 e. The fraction of sp³-hybridized carbons (Fsp3) is 0.409. The lowest BCUT2D eigenvalue weighted by molar-refractivity contribution is -0.0249. The van der Waals surface area contributed by atoms with E-state index in [0.29, 0.717) is 18.4 Å². The van der Waals surface area contributed by atoms with Gasteiger partial charge in [-0.1, -0.05) is 36.4 Å². The summed E-state index contributed by atoms with van der Waals surface area (Å²) >= 11 is 0. The Labute approximate surface area is 178 Å². The first-order chi connectivity index (χ1) is 12.8. The molecule has 27 heavy (non-hydrogen) atoms. The predicted octanol–water partition coefficient (Wildman–Crippen LogP) is 4.69. The molecule has 0 radical (unpaired) electrons. The molecule has 1 aliphatic carbocycles. The molecular weight excluding hydrogens is 449 g/mol. The first-order valence-corrected chi connectivity index (χ1v) is 9.65. The maximum absolute atomic E-state index is 6.15. The van der Waals surface area contributed by atoms with E-state index in [0.717, 1.165) is 25.1 Å². The lowest BCUT2D eigenvalue weighted by atomic mass is 9.89. The molecule has 144 valence electrons. The number of guanidine groups is 1. The molecule has 3 N–H and O–H groups in total. The number of benzene rings is 2. The zero-order chi connectivity index (χ0) is 17.8. The quantitative estimate of drug-likeness (QED) is 0.382. The van der Waals surface area contributed by atoms with Crippen LogP contribution in [-0.4, -0.2) is 19.1 Å². The normalized spacial score (nSPS) is 22.0. The summed E-state index contributed by atoms with van der Waals surface area (Å²) in [4.78, 5) is 4.62. The van der Waals surface area contributed by atoms with Gasteiger partial charge in [-0.15, -0.1) is 24.0 Å². The van der Waals surface area contributed by atoms with Gasteiger partial charge >= 0.3 is 0 Å². The number of aryl methyl sites for hydroxylation is 2. The largest absolute Gasteiger partial charge is 0.373 e. The van der Waals surface area contributed by atoms with Crippen LogP contribution in [-0.2, 0) is 17.6 Å². The van der Waals surface area contributed by atoms with Gasteiger partial charge in [0.15, 0.2) is 5.96 Å². The van der Waals surface area contributed by atoms with E-state index in [-0.39, 0.29) is 30.1 Å². The number of rotatable bonds is 4. The number of halogens is 1. The summed E-state index contributed by atoms with van der Waals surface area (Å²) in [5.41, 5.74) is 11.3. The number of nitrogens with one attached hydrogen (secondary N) is 1. The standard InChI is InChI=1S/C22H27N3O.HI/c23-22(25-20-12-11-16-8-4-9-18(16)14-20)24-15-19-10-5-13-26-21(19)17-6-2-1-3-7-17;/h1-3,6-7,11-12,14,19,21H,4-5,8-10,13,15H2,(H3,23,24,25);1H. The van der Waals surface area contributed by atoms with Gasteiger partial charge in [-0.25, -0.2) is 0 Å². The number of ether oxygens (including phenoxy) is 1. The number of fused-ring (bicyclic) bond motifs is 1. The third-order valence-corrected chi connectivity index (χ3v) is 5.44. The fourth-order valence-electron chi connectivity index (χ4n) is 4.09. The second-order valence-corrected chi connectivity index (χ2v) is 7.29. The van der Waals surface area contributed by atoms with Crippen molar-refractivity contribution in [3.05, 3.63) is 65.2 Å². The molecule has 2 aromatic carbocycles. The van der Waals surface area contributed by atoms with Crippen molar-refractivity contribution in [2.45, 2.75) is 38.2 Å². The van der Waals surface area contributed by atoms with Crippen LogP contribution in [0.4, 0.5) is 5.69 Å². The highest BCUT2D eigenvalue weighted by molar-refractivity contribution is 14.0. The van der Waals surface area contributed by atoms with Crippen LogP contribution in [0.15, 0.2) is 53.5 Å². The van der Waals surface area contributed by atoms with Gasteiger partial charge in [0, 0.05) is 24.8 Å². The number of aliphatic imine (C=N–C) groups is 1. The number of nitrogens with two attached hydrogens (primary N) is 1. The van der Waals surface area contributed by atoms with E-state index in [2.05, 4.69) is 52.8 Å². The Kier molecular flexibility index (Phi) is 7.13. The Bertz CT molecular complexity index is 778. The molecule has 2 aromatic rings. The van der Waals surface area contributed by atoms with Crippen molar-refractivity contribution in [3.63, 3.8) is 0 Å². The highest BCUT2D eigenvalue weighted by Crippen LogP contribution is 2.33. The first kappa shape index (κ1) is 20.1. The van der Waals surface area contributed by atoms with Gasteiger partial charge in [0.1, 0.15) is 0 Å². The molecule has 2 unspecified atom stereocenters. The molecule has 0 aromatic heterocycles. The average molecular weight is 477 g/mol. The Morgan fingerprint density at radius 2 is 1.89 bits per heavy atom. The Hall–Kier alpha value is -1.60. The maximum Gasteiger partial charge on any atom is 0.193 e. The third-order valence-electron chi connectivity index (χ3n) is 5.44. The van der Waals surface area contributed by atoms with Crippen molar-refractivity contribution in [1.29, 1.82) is 0 Å². The molecule has 1 fully saturated rings. The van der Waals surface area contributed by atoms with E-state index < -0.39 is 0 Å². The minimum absolute atomic E-state index is 0. The molecule has 2 aliphatic rings. The molecule has 1 aliphatic heterocycles. The summed E-state index contributed by atoms with van der Waals surface area (Å²) in [6.45, 7) is 1.51. The van der Waals surface area contributed by atoms with E-state index in [1.165, 1.54) is 36.0 Å². The molecule has 4 rings (SSSR count). The Morgan fingerprint density at radius 1 is 1.07 bits per heavy atom. The monoisotopic (exact) mass is 477 g/mol. The predicted molar refractivity (Wildman–Crippen MR) is 122 cm³/mol. The topological polar surface area (TPSA) is 59.6 Å². The van der Waals surface area contributed by atoms with Crippen LogP contribution in [0.3, 0.4) is 0 Å². The zero-order valence-corrected chi connectivity index (χ0v) is 17.9. The van der Waals surface area contributed by atoms with Crippen LogP contribution in [0.2, 0.25) is 0 Å². The molecule has 0 amide bonds. The Morgan fingerprint density at radius 3 is 2.74 bits per heavy atom. The first-order valence-electron chi connectivity index (χ1n) is 9.65. The van der Waals surface area contributed by atoms with Crippen LogP contribution in [0.25, 0.3) is 0 Å². The number of hydrogen-bond acceptors (Lipinski definition) is 2. The summed E-state index contributed by atoms with van der Waals surface area (Å²) in [5.74, 6) is 0.854. The van der Waals surface area contributed by atoms with E-state index >= 15 is 0 Å². The van der Waals surface area contributed by atoms with Crippen LogP contribution in [0.5, 0.6) is 0 Å². The lowest BCUT2D eigenvalue weighted by Crippen LogP contribution is -2.28. The van der Waals surface area contributed by atoms with E-state index in [4.69, 9.17) is 10.5 Å². The van der Waals surface area contributed by atoms with Crippen molar-refractivity contribution in [2.75, 3.05) is 18.5 Å². The van der Waals surface area contributed by atoms with E-state index in [1.54, 1.807) is 0 Å². The number of nitrogens with zero attached hydrogens (tertiary/aromatic N) is 1. The third kappa shape index (κ3) is 5.02. The molecule has 0 bridgehead atoms. The minimum atomic E-state index is 0. The summed E-state index contributed by atoms with van der Waals surface area (Å²) in [7, 11) is 0. The maximum atomic E-state index is 6.15. The van der Waals surface area contributed by atoms with Crippen LogP contribution < -0.4 is 11.1 Å². The molecule has 0 saturated carbocycles. The minimum Gasteiger partial charge on any atom is -0.373 e. The highest BCUT2D eigenvalue weighted by Gasteiger charge is 2.27. The molecule has 4 nitrogen and oxygen atoms in total. The Balaban J connectivity index is 0.00000210. The molecule has 1 heterocycles. The van der Waals surface area contributed by atoms with Crippen LogP contribution in [0.1, 0.15) is 42.1 Å². The zero-order valence-electron chi connectivity index (χ0n) is 15.6. The highest BCUT2D eigenvalue weighted by atomic mass is 127. The van der Waals surface area contributed by atoms with Crippen molar-refractivity contribution in [2.24, 2.45) is 16.6 Å². The molecule has 1 saturated heterocycles. The van der Waals surface area contributed by atoms with Gasteiger partial charge in [-0.05, 0) is 60.9 Å². The molecule has 0 spiro atoms. The SMILES string of the molecule is I.NC(=NCC1CCCOC1c1ccccc1)Nc1ccc2c(c1)CCC2. The average Bonchev–Trinajstić information content (AvgIpc) is 3.15. The van der Waals surface area contributed by atoms with Gasteiger partial charge in [-0.2, -0.15) is 0 Å². The van der Waals surface area contributed by atoms with Crippen molar-refractivity contribution in [1.82, 2.24) is 0 Å². The van der Waals surface area contributed by atoms with Crippen molar-refractivity contribution in [3.8, 4) is 0 Å². The van der Waals surface area contributed by atoms with Crippen LogP contribution >= 0.6 is 24.0 Å². The number of hydrogen-bond donors (Lipinski definition) is 2. The van der Waals surface area contributed by atoms with Gasteiger partial charge in [0.2, 0.25) is 0 Å². The fourth-order valence-corrected chi connectivity index (χ4v) is 4.09. The second-order valence-electron chi connectivity index (χ2n) is 7.29. The summed E-state index contributed by atoms with van der Waals surface area (Å²) < 4.78 is 6.05. The molecular formula is C22H28IN3O. The molecule has 5 heteroatoms. The van der Waals surface area contributed by atoms with E-state index in [1.807, 2.05) is 6.07 Å². The second kappa shape index (κ2) is 9.55. The lowest BCUT2D eigenvalue weighted by Gasteiger charge is -2.31.